The van der Waals surface area contributed by atoms with Gasteiger partial charge in [-0.05, 0) is 32.0 Å². The summed E-state index contributed by atoms with van der Waals surface area (Å²) in [6, 6.07) is 3.91. The molecule has 1 atom stereocenters. The lowest BCUT2D eigenvalue weighted by Gasteiger charge is -2.04. The molecule has 0 bridgehead atoms. The molecule has 1 heterocycles. The third kappa shape index (κ3) is 2.76. The average molecular weight is 284 g/mol. The van der Waals surface area contributed by atoms with Crippen molar-refractivity contribution in [3.05, 3.63) is 39.6 Å². The maximum atomic E-state index is 13.1. The van der Waals surface area contributed by atoms with Crippen molar-refractivity contribution in [1.82, 2.24) is 4.98 Å². The Balaban J connectivity index is 2.24. The van der Waals surface area contributed by atoms with Crippen molar-refractivity contribution in [3.63, 3.8) is 0 Å². The molecule has 3 nitrogen and oxygen atoms in total. The maximum absolute atomic E-state index is 13.1. The number of aromatic nitrogens is 1. The highest BCUT2D eigenvalue weighted by Crippen LogP contribution is 2.23. The monoisotopic (exact) mass is 284 g/mol. The largest absolute Gasteiger partial charge is 0.398 e. The highest BCUT2D eigenvalue weighted by molar-refractivity contribution is 7.84. The van der Waals surface area contributed by atoms with Crippen LogP contribution in [0.4, 0.5) is 10.1 Å². The average Bonchev–Trinajstić information content (AvgIpc) is 2.61. The van der Waals surface area contributed by atoms with E-state index in [9.17, 15) is 8.60 Å². The zero-order valence-electron chi connectivity index (χ0n) is 10.1. The molecule has 18 heavy (non-hydrogen) atoms. The van der Waals surface area contributed by atoms with E-state index >= 15 is 0 Å². The number of nitrogens with zero attached hydrogens (tertiary/aromatic N) is 1. The first kappa shape index (κ1) is 13.2. The standard InChI is InChI=1S/C12H13FN2OS2/c1-7-8(2)17-12(15-7)6-18(16)11-5-9(13)3-4-10(11)14/h3-5H,6,14H2,1-2H3. The van der Waals surface area contributed by atoms with E-state index in [0.29, 0.717) is 10.6 Å². The lowest BCUT2D eigenvalue weighted by Crippen LogP contribution is -2.01. The summed E-state index contributed by atoms with van der Waals surface area (Å²) >= 11 is 1.51. The predicted octanol–water partition coefficient (Wildman–Crippen LogP) is 2.79. The molecule has 1 aromatic carbocycles. The van der Waals surface area contributed by atoms with E-state index in [1.54, 1.807) is 0 Å². The first-order valence-electron chi connectivity index (χ1n) is 5.33. The second-order valence-corrected chi connectivity index (χ2v) is 6.63. The van der Waals surface area contributed by atoms with Crippen LogP contribution in [0.15, 0.2) is 23.1 Å². The minimum atomic E-state index is -1.37. The van der Waals surface area contributed by atoms with E-state index in [1.165, 1.54) is 29.5 Å². The highest BCUT2D eigenvalue weighted by atomic mass is 32.2. The molecule has 96 valence electrons. The molecule has 1 unspecified atom stereocenters. The van der Waals surface area contributed by atoms with E-state index in [2.05, 4.69) is 4.98 Å². The molecule has 2 N–H and O–H groups in total. The molecule has 0 aliphatic rings. The first-order chi connectivity index (χ1) is 8.47. The van der Waals surface area contributed by atoms with Gasteiger partial charge in [-0.1, -0.05) is 0 Å². The number of nitrogen functional groups attached to an aromatic ring is 1. The van der Waals surface area contributed by atoms with Gasteiger partial charge < -0.3 is 5.73 Å². The van der Waals surface area contributed by atoms with Gasteiger partial charge in [0.1, 0.15) is 10.8 Å². The fraction of sp³-hybridized carbons (Fsp3) is 0.250. The van der Waals surface area contributed by atoms with Crippen molar-refractivity contribution < 1.29 is 8.60 Å². The van der Waals surface area contributed by atoms with Crippen molar-refractivity contribution in [2.45, 2.75) is 24.5 Å². The molecule has 1 aromatic heterocycles. The Morgan fingerprint density at radius 1 is 1.44 bits per heavy atom. The summed E-state index contributed by atoms with van der Waals surface area (Å²) in [7, 11) is -1.37. The minimum Gasteiger partial charge on any atom is -0.398 e. The normalized spacial score (nSPS) is 12.6. The first-order valence-corrected chi connectivity index (χ1v) is 7.47. The van der Waals surface area contributed by atoms with E-state index in [1.807, 2.05) is 13.8 Å². The number of hydrogen-bond donors (Lipinski definition) is 1. The summed E-state index contributed by atoms with van der Waals surface area (Å²) in [6.45, 7) is 3.88. The van der Waals surface area contributed by atoms with Crippen LogP contribution in [0.5, 0.6) is 0 Å². The van der Waals surface area contributed by atoms with Gasteiger partial charge in [0, 0.05) is 10.6 Å². The molecule has 2 aromatic rings. The van der Waals surface area contributed by atoms with Gasteiger partial charge >= 0.3 is 0 Å². The topological polar surface area (TPSA) is 56.0 Å². The molecular formula is C12H13FN2OS2. The summed E-state index contributed by atoms with van der Waals surface area (Å²) in [5, 5.41) is 0.784. The summed E-state index contributed by atoms with van der Waals surface area (Å²) in [4.78, 5) is 5.76. The number of aryl methyl sites for hydroxylation is 2. The van der Waals surface area contributed by atoms with Crippen LogP contribution >= 0.6 is 11.3 Å². The van der Waals surface area contributed by atoms with E-state index in [4.69, 9.17) is 5.73 Å². The Hall–Kier alpha value is -1.27. The Kier molecular flexibility index (Phi) is 3.77. The van der Waals surface area contributed by atoms with Crippen LogP contribution in [0.3, 0.4) is 0 Å². The number of anilines is 1. The number of rotatable bonds is 3. The highest BCUT2D eigenvalue weighted by Gasteiger charge is 2.13. The van der Waals surface area contributed by atoms with Gasteiger partial charge in [-0.25, -0.2) is 9.37 Å². The lowest BCUT2D eigenvalue weighted by atomic mass is 10.3. The van der Waals surface area contributed by atoms with Crippen molar-refractivity contribution in [1.29, 1.82) is 0 Å². The van der Waals surface area contributed by atoms with Gasteiger partial charge in [0.25, 0.3) is 0 Å². The SMILES string of the molecule is Cc1nc(CS(=O)c2cc(F)ccc2N)sc1C. The third-order valence-corrected chi connectivity index (χ3v) is 5.18. The lowest BCUT2D eigenvalue weighted by molar-refractivity contribution is 0.623. The Bertz CT molecular complexity index is 591. The van der Waals surface area contributed by atoms with Gasteiger partial charge in [-0.15, -0.1) is 11.3 Å². The molecule has 6 heteroatoms. The number of nitrogens with two attached hydrogens (primary N) is 1. The summed E-state index contributed by atoms with van der Waals surface area (Å²) in [5.74, 6) is -0.161. The van der Waals surface area contributed by atoms with Crippen LogP contribution in [-0.4, -0.2) is 9.19 Å². The predicted molar refractivity (Wildman–Crippen MR) is 72.5 cm³/mol. The van der Waals surface area contributed by atoms with Crippen LogP contribution in [0, 0.1) is 19.7 Å². The fourth-order valence-corrected chi connectivity index (χ4v) is 3.80. The third-order valence-electron chi connectivity index (χ3n) is 2.55. The summed E-state index contributed by atoms with van der Waals surface area (Å²) < 4.78 is 25.3. The van der Waals surface area contributed by atoms with Gasteiger partial charge in [-0.3, -0.25) is 4.21 Å². The zero-order valence-corrected chi connectivity index (χ0v) is 11.7. The molecule has 0 saturated carbocycles. The van der Waals surface area contributed by atoms with Crippen molar-refractivity contribution in [2.75, 3.05) is 5.73 Å². The smallest absolute Gasteiger partial charge is 0.124 e. The van der Waals surface area contributed by atoms with E-state index in [0.717, 1.165) is 15.6 Å². The Labute approximate surface area is 111 Å². The van der Waals surface area contributed by atoms with Gasteiger partial charge in [0.15, 0.2) is 0 Å². The van der Waals surface area contributed by atoms with E-state index < -0.39 is 16.6 Å². The van der Waals surface area contributed by atoms with Crippen molar-refractivity contribution in [3.8, 4) is 0 Å². The van der Waals surface area contributed by atoms with Crippen molar-refractivity contribution >= 4 is 27.8 Å². The van der Waals surface area contributed by atoms with Gasteiger partial charge in [0.2, 0.25) is 0 Å². The molecule has 0 fully saturated rings. The quantitative estimate of drug-likeness (QED) is 0.882. The number of benzene rings is 1. The second-order valence-electron chi connectivity index (χ2n) is 3.92. The minimum absolute atomic E-state index is 0.271. The molecule has 0 aliphatic carbocycles. The Morgan fingerprint density at radius 3 is 2.78 bits per heavy atom. The molecule has 0 aliphatic heterocycles. The molecule has 0 amide bonds. The number of thiazole rings is 1. The van der Waals surface area contributed by atoms with Crippen LogP contribution in [0.2, 0.25) is 0 Å². The molecule has 0 radical (unpaired) electrons. The molecule has 0 saturated heterocycles. The van der Waals surface area contributed by atoms with E-state index in [-0.39, 0.29) is 5.75 Å². The van der Waals surface area contributed by atoms with Crippen LogP contribution < -0.4 is 5.73 Å². The maximum Gasteiger partial charge on any atom is 0.124 e. The van der Waals surface area contributed by atoms with Crippen LogP contribution in [0.25, 0.3) is 0 Å². The zero-order chi connectivity index (χ0) is 13.3. The summed E-state index contributed by atoms with van der Waals surface area (Å²) in [5.41, 5.74) is 6.99. The second kappa shape index (κ2) is 5.16. The summed E-state index contributed by atoms with van der Waals surface area (Å²) in [6.07, 6.45) is 0. The van der Waals surface area contributed by atoms with Crippen molar-refractivity contribution in [2.24, 2.45) is 0 Å². The molecule has 0 spiro atoms. The number of hydrogen-bond acceptors (Lipinski definition) is 4. The van der Waals surface area contributed by atoms with Crippen LogP contribution in [-0.2, 0) is 16.6 Å². The number of halogens is 1. The fourth-order valence-electron chi connectivity index (χ4n) is 1.50. The molecule has 2 rings (SSSR count). The Morgan fingerprint density at radius 2 is 2.17 bits per heavy atom. The van der Waals surface area contributed by atoms with Crippen LogP contribution in [0.1, 0.15) is 15.6 Å². The van der Waals surface area contributed by atoms with Gasteiger partial charge in [-0.2, -0.15) is 0 Å². The molecular weight excluding hydrogens is 271 g/mol. The van der Waals surface area contributed by atoms with Gasteiger partial charge in [0.05, 0.1) is 27.1 Å².